The molecule has 0 saturated heterocycles. The van der Waals surface area contributed by atoms with Crippen LogP contribution >= 0.6 is 11.6 Å². The van der Waals surface area contributed by atoms with E-state index >= 15 is 0 Å². The number of halogens is 1. The molecule has 3 aromatic carbocycles. The zero-order chi connectivity index (χ0) is 21.7. The van der Waals surface area contributed by atoms with Gasteiger partial charge in [-0.15, -0.1) is 0 Å². The van der Waals surface area contributed by atoms with Gasteiger partial charge in [0.25, 0.3) is 10.0 Å². The van der Waals surface area contributed by atoms with Gasteiger partial charge in [0.1, 0.15) is 6.54 Å². The minimum absolute atomic E-state index is 0.0970. The number of hydrogen-bond donors (Lipinski definition) is 1. The maximum atomic E-state index is 13.3. The van der Waals surface area contributed by atoms with Crippen molar-refractivity contribution >= 4 is 33.2 Å². The van der Waals surface area contributed by atoms with E-state index in [9.17, 15) is 13.2 Å². The summed E-state index contributed by atoms with van der Waals surface area (Å²) < 4.78 is 27.7. The molecule has 1 N–H and O–H groups in total. The summed E-state index contributed by atoms with van der Waals surface area (Å²) in [7, 11) is -3.99. The van der Waals surface area contributed by atoms with E-state index < -0.39 is 15.9 Å². The number of anilines is 1. The Hall–Kier alpha value is -2.83. The highest BCUT2D eigenvalue weighted by molar-refractivity contribution is 7.92. The van der Waals surface area contributed by atoms with Crippen LogP contribution in [-0.2, 0) is 21.4 Å². The van der Waals surface area contributed by atoms with E-state index in [-0.39, 0.29) is 22.2 Å². The highest BCUT2D eigenvalue weighted by Crippen LogP contribution is 2.30. The molecule has 0 radical (unpaired) electrons. The summed E-state index contributed by atoms with van der Waals surface area (Å²) in [5.74, 6) is -0.422. The Morgan fingerprint density at radius 1 is 0.933 bits per heavy atom. The third-order valence-electron chi connectivity index (χ3n) is 4.75. The molecule has 3 aromatic rings. The van der Waals surface area contributed by atoms with Crippen LogP contribution in [0.25, 0.3) is 0 Å². The first kappa shape index (κ1) is 21.9. The summed E-state index contributed by atoms with van der Waals surface area (Å²) in [5, 5.41) is 3.05. The molecule has 0 aliphatic rings. The normalized spacial score (nSPS) is 11.2. The smallest absolute Gasteiger partial charge is 0.264 e. The van der Waals surface area contributed by atoms with Gasteiger partial charge in [0, 0.05) is 6.54 Å². The van der Waals surface area contributed by atoms with Crippen molar-refractivity contribution < 1.29 is 13.2 Å². The maximum Gasteiger partial charge on any atom is 0.264 e. The molecule has 0 bridgehead atoms. The van der Waals surface area contributed by atoms with E-state index in [2.05, 4.69) is 5.32 Å². The SMILES string of the molecule is Cc1ccc(S(=O)(=O)N(CC(=O)NCc2ccccc2C)c2ccccc2Cl)cc1. The molecule has 30 heavy (non-hydrogen) atoms. The van der Waals surface area contributed by atoms with Gasteiger partial charge in [0.05, 0.1) is 15.6 Å². The Balaban J connectivity index is 1.88. The number of aryl methyl sites for hydroxylation is 2. The molecule has 0 heterocycles. The van der Waals surface area contributed by atoms with Gasteiger partial charge >= 0.3 is 0 Å². The fraction of sp³-hybridized carbons (Fsp3) is 0.174. The summed E-state index contributed by atoms with van der Waals surface area (Å²) in [5.41, 5.74) is 3.21. The zero-order valence-electron chi connectivity index (χ0n) is 16.8. The highest BCUT2D eigenvalue weighted by Gasteiger charge is 2.28. The molecule has 156 valence electrons. The molecule has 7 heteroatoms. The Morgan fingerprint density at radius 3 is 2.23 bits per heavy atom. The lowest BCUT2D eigenvalue weighted by Crippen LogP contribution is -2.40. The zero-order valence-corrected chi connectivity index (χ0v) is 18.4. The van der Waals surface area contributed by atoms with Gasteiger partial charge in [0.2, 0.25) is 5.91 Å². The number of hydrogen-bond acceptors (Lipinski definition) is 3. The highest BCUT2D eigenvalue weighted by atomic mass is 35.5. The second-order valence-corrected chi connectivity index (χ2v) is 9.25. The molecule has 0 aromatic heterocycles. The van der Waals surface area contributed by atoms with Crippen molar-refractivity contribution in [2.24, 2.45) is 0 Å². The lowest BCUT2D eigenvalue weighted by Gasteiger charge is -2.25. The van der Waals surface area contributed by atoms with Crippen LogP contribution in [0.2, 0.25) is 5.02 Å². The van der Waals surface area contributed by atoms with E-state index in [1.54, 1.807) is 36.4 Å². The van der Waals surface area contributed by atoms with Crippen molar-refractivity contribution in [3.63, 3.8) is 0 Å². The number of carbonyl (C=O) groups excluding carboxylic acids is 1. The molecule has 0 atom stereocenters. The van der Waals surface area contributed by atoms with Gasteiger partial charge < -0.3 is 5.32 Å². The van der Waals surface area contributed by atoms with Gasteiger partial charge in [-0.2, -0.15) is 0 Å². The molecular weight excluding hydrogens is 420 g/mol. The molecular formula is C23H23ClN2O3S. The van der Waals surface area contributed by atoms with E-state index in [0.29, 0.717) is 6.54 Å². The van der Waals surface area contributed by atoms with E-state index in [1.165, 1.54) is 12.1 Å². The summed E-state index contributed by atoms with van der Waals surface area (Å²) in [6.07, 6.45) is 0. The van der Waals surface area contributed by atoms with Crippen molar-refractivity contribution in [1.29, 1.82) is 0 Å². The van der Waals surface area contributed by atoms with Crippen LogP contribution in [0.5, 0.6) is 0 Å². The molecule has 0 spiro atoms. The van der Waals surface area contributed by atoms with Gasteiger partial charge in [-0.25, -0.2) is 8.42 Å². The van der Waals surface area contributed by atoms with Crippen molar-refractivity contribution in [1.82, 2.24) is 5.32 Å². The Labute approximate surface area is 182 Å². The van der Waals surface area contributed by atoms with Crippen molar-refractivity contribution in [2.45, 2.75) is 25.3 Å². The summed E-state index contributed by atoms with van der Waals surface area (Å²) in [4.78, 5) is 12.8. The van der Waals surface area contributed by atoms with Crippen LogP contribution in [0.1, 0.15) is 16.7 Å². The third kappa shape index (κ3) is 5.01. The first-order valence-electron chi connectivity index (χ1n) is 9.44. The third-order valence-corrected chi connectivity index (χ3v) is 6.85. The number of nitrogens with one attached hydrogen (secondary N) is 1. The van der Waals surface area contributed by atoms with Crippen molar-refractivity contribution in [3.8, 4) is 0 Å². The quantitative estimate of drug-likeness (QED) is 0.587. The van der Waals surface area contributed by atoms with Gasteiger partial charge in [0.15, 0.2) is 0 Å². The predicted octanol–water partition coefficient (Wildman–Crippen LogP) is 4.47. The van der Waals surface area contributed by atoms with Crippen LogP contribution in [0, 0.1) is 13.8 Å². The average molecular weight is 443 g/mol. The van der Waals surface area contributed by atoms with Crippen molar-refractivity contribution in [3.05, 3.63) is 94.5 Å². The Morgan fingerprint density at radius 2 is 1.57 bits per heavy atom. The van der Waals surface area contributed by atoms with Gasteiger partial charge in [-0.3, -0.25) is 9.10 Å². The van der Waals surface area contributed by atoms with Gasteiger partial charge in [-0.05, 0) is 49.2 Å². The number of benzene rings is 3. The maximum absolute atomic E-state index is 13.3. The second-order valence-electron chi connectivity index (χ2n) is 6.98. The molecule has 0 aliphatic heterocycles. The first-order chi connectivity index (χ1) is 14.3. The standard InChI is InChI=1S/C23H23ClN2O3S/c1-17-11-13-20(14-12-17)30(28,29)26(22-10-6-5-9-21(22)24)16-23(27)25-15-19-8-4-3-7-18(19)2/h3-14H,15-16H2,1-2H3,(H,25,27). The van der Waals surface area contributed by atoms with Crippen LogP contribution < -0.4 is 9.62 Å². The fourth-order valence-corrected chi connectivity index (χ4v) is 4.71. The van der Waals surface area contributed by atoms with Crippen LogP contribution in [0.3, 0.4) is 0 Å². The molecule has 3 rings (SSSR count). The van der Waals surface area contributed by atoms with Crippen LogP contribution in [-0.4, -0.2) is 20.9 Å². The lowest BCUT2D eigenvalue weighted by molar-refractivity contribution is -0.119. The molecule has 0 saturated carbocycles. The van der Waals surface area contributed by atoms with E-state index in [1.807, 2.05) is 38.1 Å². The van der Waals surface area contributed by atoms with E-state index in [4.69, 9.17) is 11.6 Å². The minimum atomic E-state index is -3.99. The lowest BCUT2D eigenvalue weighted by atomic mass is 10.1. The topological polar surface area (TPSA) is 66.5 Å². The number of nitrogens with zero attached hydrogens (tertiary/aromatic N) is 1. The summed E-state index contributed by atoms with van der Waals surface area (Å²) in [6, 6.07) is 20.8. The van der Waals surface area contributed by atoms with E-state index in [0.717, 1.165) is 21.0 Å². The molecule has 0 aliphatic carbocycles. The van der Waals surface area contributed by atoms with Gasteiger partial charge in [-0.1, -0.05) is 65.7 Å². The number of para-hydroxylation sites is 1. The average Bonchev–Trinajstić information content (AvgIpc) is 2.72. The molecule has 0 unspecified atom stereocenters. The van der Waals surface area contributed by atoms with Crippen LogP contribution in [0.4, 0.5) is 5.69 Å². The number of rotatable bonds is 7. The summed E-state index contributed by atoms with van der Waals surface area (Å²) >= 11 is 6.28. The van der Waals surface area contributed by atoms with Crippen molar-refractivity contribution in [2.75, 3.05) is 10.8 Å². The first-order valence-corrected chi connectivity index (χ1v) is 11.3. The fourth-order valence-electron chi connectivity index (χ4n) is 2.98. The Kier molecular flexibility index (Phi) is 6.80. The largest absolute Gasteiger partial charge is 0.350 e. The summed E-state index contributed by atoms with van der Waals surface area (Å²) in [6.45, 7) is 3.76. The monoisotopic (exact) mass is 442 g/mol. The Bertz CT molecular complexity index is 1150. The number of sulfonamides is 1. The number of amides is 1. The molecule has 5 nitrogen and oxygen atoms in total. The molecule has 0 fully saturated rings. The number of carbonyl (C=O) groups is 1. The second kappa shape index (κ2) is 9.32. The minimum Gasteiger partial charge on any atom is -0.350 e. The van der Waals surface area contributed by atoms with Crippen LogP contribution in [0.15, 0.2) is 77.7 Å². The predicted molar refractivity (Wildman–Crippen MR) is 120 cm³/mol. The molecule has 1 amide bonds.